The number of rotatable bonds is 3. The molecule has 0 aliphatic carbocycles. The molecule has 2 aromatic heterocycles. The summed E-state index contributed by atoms with van der Waals surface area (Å²) in [4.78, 5) is 5.28. The van der Waals surface area contributed by atoms with Crippen molar-refractivity contribution in [3.05, 3.63) is 70.9 Å². The van der Waals surface area contributed by atoms with Crippen LogP contribution in [0.2, 0.25) is 0 Å². The van der Waals surface area contributed by atoms with Gasteiger partial charge in [0.05, 0.1) is 10.6 Å². The highest BCUT2D eigenvalue weighted by atomic mass is 32.1. The molecule has 0 saturated heterocycles. The molecule has 0 fully saturated rings. The molecule has 106 valence electrons. The van der Waals surface area contributed by atoms with Crippen molar-refractivity contribution in [1.82, 2.24) is 9.55 Å². The van der Waals surface area contributed by atoms with Gasteiger partial charge in [0.15, 0.2) is 5.84 Å². The molecule has 0 unspecified atom stereocenters. The summed E-state index contributed by atoms with van der Waals surface area (Å²) in [5.41, 5.74) is 2.26. The molecule has 0 spiro atoms. The van der Waals surface area contributed by atoms with E-state index >= 15 is 0 Å². The normalized spacial score (nSPS) is 11.6. The molecular weight excluding hydrogens is 280 g/mol. The van der Waals surface area contributed by atoms with Crippen molar-refractivity contribution in [2.24, 2.45) is 5.10 Å². The van der Waals surface area contributed by atoms with Crippen LogP contribution in [0.3, 0.4) is 0 Å². The molecule has 21 heavy (non-hydrogen) atoms. The van der Waals surface area contributed by atoms with Crippen molar-refractivity contribution in [3.8, 4) is 0 Å². The second kappa shape index (κ2) is 5.93. The maximum atomic E-state index is 4.78. The number of para-hydroxylation sites is 1. The number of benzene rings is 1. The molecule has 3 rings (SSSR count). The highest BCUT2D eigenvalue weighted by Gasteiger charge is 2.12. The third-order valence-electron chi connectivity index (χ3n) is 3.19. The fourth-order valence-corrected chi connectivity index (χ4v) is 2.96. The van der Waals surface area contributed by atoms with E-state index < -0.39 is 0 Å². The smallest absolute Gasteiger partial charge is 0.176 e. The minimum absolute atomic E-state index is 0.881. The third-order valence-corrected chi connectivity index (χ3v) is 4.20. The average molecular weight is 296 g/mol. The minimum atomic E-state index is 0.881. The van der Waals surface area contributed by atoms with Crippen LogP contribution in [0.1, 0.15) is 10.4 Å². The number of nitrogens with zero attached hydrogens (tertiary/aromatic N) is 4. The fraction of sp³-hybridized carbons (Fsp3) is 0.125. The summed E-state index contributed by atoms with van der Waals surface area (Å²) < 4.78 is 1.94. The lowest BCUT2D eigenvalue weighted by molar-refractivity contribution is 0.983. The van der Waals surface area contributed by atoms with Gasteiger partial charge in [-0.1, -0.05) is 18.2 Å². The van der Waals surface area contributed by atoms with Gasteiger partial charge in [-0.25, -0.2) is 4.98 Å². The summed E-state index contributed by atoms with van der Waals surface area (Å²) in [5.74, 6) is 0.881. The molecule has 1 aromatic carbocycles. The Morgan fingerprint density at radius 2 is 2.05 bits per heavy atom. The van der Waals surface area contributed by atoms with E-state index in [0.29, 0.717) is 0 Å². The first-order chi connectivity index (χ1) is 10.3. The van der Waals surface area contributed by atoms with E-state index in [1.165, 1.54) is 5.56 Å². The van der Waals surface area contributed by atoms with Crippen molar-refractivity contribution in [1.29, 1.82) is 0 Å². The molecule has 0 saturated carbocycles. The van der Waals surface area contributed by atoms with Crippen LogP contribution in [0.5, 0.6) is 0 Å². The lowest BCUT2D eigenvalue weighted by atomic mass is 10.3. The highest BCUT2D eigenvalue weighted by molar-refractivity contribution is 7.12. The lowest BCUT2D eigenvalue weighted by Gasteiger charge is -2.16. The van der Waals surface area contributed by atoms with Gasteiger partial charge in [0.25, 0.3) is 0 Å². The van der Waals surface area contributed by atoms with Gasteiger partial charge < -0.3 is 0 Å². The zero-order valence-electron chi connectivity index (χ0n) is 12.0. The van der Waals surface area contributed by atoms with Crippen molar-refractivity contribution in [2.45, 2.75) is 6.92 Å². The summed E-state index contributed by atoms with van der Waals surface area (Å²) in [6.07, 6.45) is 5.45. The van der Waals surface area contributed by atoms with E-state index in [2.05, 4.69) is 23.4 Å². The predicted octanol–water partition coefficient (Wildman–Crippen LogP) is 3.60. The lowest BCUT2D eigenvalue weighted by Crippen LogP contribution is -2.19. The number of hydrogen-bond acceptors (Lipinski definition) is 4. The summed E-state index contributed by atoms with van der Waals surface area (Å²) in [5, 5.41) is 8.74. The number of hydrazone groups is 1. The molecule has 5 heteroatoms. The van der Waals surface area contributed by atoms with E-state index in [0.717, 1.165) is 16.4 Å². The van der Waals surface area contributed by atoms with Crippen LogP contribution >= 0.6 is 11.3 Å². The van der Waals surface area contributed by atoms with Gasteiger partial charge >= 0.3 is 0 Å². The van der Waals surface area contributed by atoms with E-state index in [4.69, 9.17) is 5.10 Å². The average Bonchev–Trinajstić information content (AvgIpc) is 3.17. The summed E-state index contributed by atoms with van der Waals surface area (Å²) >= 11 is 1.69. The number of aryl methyl sites for hydroxylation is 1. The molecule has 4 nitrogen and oxygen atoms in total. The fourth-order valence-electron chi connectivity index (χ4n) is 2.04. The zero-order chi connectivity index (χ0) is 14.7. The van der Waals surface area contributed by atoms with Gasteiger partial charge in [-0.3, -0.25) is 9.58 Å². The monoisotopic (exact) mass is 296 g/mol. The summed E-state index contributed by atoms with van der Waals surface area (Å²) in [6, 6.07) is 12.2. The Balaban J connectivity index is 2.04. The van der Waals surface area contributed by atoms with E-state index in [1.54, 1.807) is 23.9 Å². The second-order valence-corrected chi connectivity index (χ2v) is 5.60. The van der Waals surface area contributed by atoms with Crippen LogP contribution < -0.4 is 5.01 Å². The van der Waals surface area contributed by atoms with Gasteiger partial charge in [0.2, 0.25) is 0 Å². The van der Waals surface area contributed by atoms with Crippen molar-refractivity contribution in [3.63, 3.8) is 0 Å². The molecule has 0 amide bonds. The van der Waals surface area contributed by atoms with Crippen molar-refractivity contribution < 1.29 is 0 Å². The first-order valence-electron chi connectivity index (χ1n) is 6.66. The standard InChI is InChI=1S/C16H16N4S/c1-13-8-11-21-15(13)16(20-10-9-17-12-20)18-19(2)14-6-4-3-5-7-14/h3-12H,1-2H3. The molecule has 3 aromatic rings. The molecule has 2 heterocycles. The molecular formula is C16H16N4S. The second-order valence-electron chi connectivity index (χ2n) is 4.69. The Bertz CT molecular complexity index is 729. The summed E-state index contributed by atoms with van der Waals surface area (Å²) in [6.45, 7) is 2.10. The van der Waals surface area contributed by atoms with Crippen molar-refractivity contribution >= 4 is 22.9 Å². The Morgan fingerprint density at radius 3 is 2.67 bits per heavy atom. The highest BCUT2D eigenvalue weighted by Crippen LogP contribution is 2.19. The predicted molar refractivity (Wildman–Crippen MR) is 88.1 cm³/mol. The van der Waals surface area contributed by atoms with Gasteiger partial charge in [-0.2, -0.15) is 5.10 Å². The van der Waals surface area contributed by atoms with Crippen LogP contribution in [0, 0.1) is 6.92 Å². The largest absolute Gasteiger partial charge is 0.288 e. The maximum Gasteiger partial charge on any atom is 0.176 e. The number of thiophene rings is 1. The molecule has 0 aliphatic heterocycles. The Hall–Kier alpha value is -2.40. The van der Waals surface area contributed by atoms with E-state index in [-0.39, 0.29) is 0 Å². The number of hydrogen-bond donors (Lipinski definition) is 0. The molecule has 0 radical (unpaired) electrons. The first-order valence-corrected chi connectivity index (χ1v) is 7.54. The number of imidazole rings is 1. The Kier molecular flexibility index (Phi) is 3.83. The molecule has 0 aliphatic rings. The first kappa shape index (κ1) is 13.6. The van der Waals surface area contributed by atoms with E-state index in [1.807, 2.05) is 53.2 Å². The topological polar surface area (TPSA) is 33.4 Å². The Labute approximate surface area is 128 Å². The summed E-state index contributed by atoms with van der Waals surface area (Å²) in [7, 11) is 1.95. The van der Waals surface area contributed by atoms with Gasteiger partial charge in [-0.05, 0) is 36.1 Å². The van der Waals surface area contributed by atoms with Gasteiger partial charge in [0.1, 0.15) is 6.33 Å². The zero-order valence-corrected chi connectivity index (χ0v) is 12.8. The van der Waals surface area contributed by atoms with Crippen LogP contribution in [0.4, 0.5) is 5.69 Å². The third kappa shape index (κ3) is 2.87. The van der Waals surface area contributed by atoms with Crippen LogP contribution in [-0.2, 0) is 0 Å². The van der Waals surface area contributed by atoms with Crippen LogP contribution in [-0.4, -0.2) is 22.4 Å². The molecule has 0 bridgehead atoms. The van der Waals surface area contributed by atoms with E-state index in [9.17, 15) is 0 Å². The van der Waals surface area contributed by atoms with Gasteiger partial charge in [0, 0.05) is 19.4 Å². The van der Waals surface area contributed by atoms with Gasteiger partial charge in [-0.15, -0.1) is 11.3 Å². The van der Waals surface area contributed by atoms with Crippen LogP contribution in [0.25, 0.3) is 0 Å². The van der Waals surface area contributed by atoms with Crippen molar-refractivity contribution in [2.75, 3.05) is 12.1 Å². The minimum Gasteiger partial charge on any atom is -0.288 e. The molecule has 0 atom stereocenters. The SMILES string of the molecule is Cc1ccsc1C(=NN(C)c1ccccc1)n1ccnc1. The Morgan fingerprint density at radius 1 is 1.24 bits per heavy atom. The maximum absolute atomic E-state index is 4.78. The quantitative estimate of drug-likeness (QED) is 0.420. The van der Waals surface area contributed by atoms with Crippen LogP contribution in [0.15, 0.2) is 65.6 Å². The number of anilines is 1. The number of aromatic nitrogens is 2. The molecule has 0 N–H and O–H groups in total.